The van der Waals surface area contributed by atoms with Crippen molar-refractivity contribution in [2.75, 3.05) is 26.2 Å². The first-order valence-corrected chi connectivity index (χ1v) is 22.2. The lowest BCUT2D eigenvalue weighted by Crippen LogP contribution is -2.41. The third-order valence-electron chi connectivity index (χ3n) is 11.1. The van der Waals surface area contributed by atoms with Gasteiger partial charge in [-0.05, 0) is 108 Å². The van der Waals surface area contributed by atoms with Gasteiger partial charge >= 0.3 is 0 Å². The van der Waals surface area contributed by atoms with E-state index in [1.165, 1.54) is 52.9 Å². The molecule has 316 valence electrons. The molecule has 4 N–H and O–H groups in total. The summed E-state index contributed by atoms with van der Waals surface area (Å²) >= 11 is 0. The second kappa shape index (κ2) is 26.2. The third kappa shape index (κ3) is 19.8. The predicted molar refractivity (Wildman–Crippen MR) is 250 cm³/mol. The van der Waals surface area contributed by atoms with Crippen LogP contribution in [0.1, 0.15) is 167 Å². The van der Waals surface area contributed by atoms with Gasteiger partial charge in [0.25, 0.3) is 0 Å². The maximum atomic E-state index is 6.95. The molecule has 1 aliphatic carbocycles. The molecule has 0 aromatic heterocycles. The Morgan fingerprint density at radius 1 is 0.873 bits per heavy atom. The van der Waals surface area contributed by atoms with Crippen LogP contribution < -0.4 is 16.4 Å². The zero-order valence-electron chi connectivity index (χ0n) is 39.0. The fraction of sp³-hybridized carbons (Fsp3) is 0.686. The summed E-state index contributed by atoms with van der Waals surface area (Å²) in [6.45, 7) is 59.3. The van der Waals surface area contributed by atoms with Crippen LogP contribution in [0.5, 0.6) is 0 Å². The highest BCUT2D eigenvalue weighted by molar-refractivity contribution is 5.50. The van der Waals surface area contributed by atoms with Gasteiger partial charge in [0.1, 0.15) is 0 Å². The molecule has 0 aliphatic heterocycles. The van der Waals surface area contributed by atoms with Gasteiger partial charge in [-0.2, -0.15) is 0 Å². The van der Waals surface area contributed by atoms with Crippen LogP contribution in [0.25, 0.3) is 0 Å². The number of nitrogens with two attached hydrogens (primary N) is 1. The minimum atomic E-state index is -0.128. The summed E-state index contributed by atoms with van der Waals surface area (Å²) < 4.78 is 0. The maximum absolute atomic E-state index is 6.95. The van der Waals surface area contributed by atoms with E-state index in [1.807, 2.05) is 19.9 Å². The molecule has 55 heavy (non-hydrogen) atoms. The second-order valence-electron chi connectivity index (χ2n) is 18.7. The molecule has 0 bridgehead atoms. The first kappa shape index (κ1) is 52.3. The average Bonchev–Trinajstić information content (AvgIpc) is 3.08. The smallest absolute Gasteiger partial charge is 0.0443 e. The highest BCUT2D eigenvalue weighted by Crippen LogP contribution is 2.44. The SMILES string of the molecule is C=C/C(C(=C)CC(C)(C)CC)=C(/CC(C)C)NCCN(CCNC(CC(C)C)=C1C(=C)CC(C)(C)CC1=C)C(=C)C(N)CCC(=C)CC(CC)CCC.CC. The van der Waals surface area contributed by atoms with Gasteiger partial charge in [-0.15, -0.1) is 0 Å². The zero-order valence-corrected chi connectivity index (χ0v) is 39.0. The number of rotatable bonds is 27. The van der Waals surface area contributed by atoms with E-state index < -0.39 is 0 Å². The standard InChI is InChI=1S/C49H86N4.C2H6/c1-18-22-42(19-2)31-37(9)23-24-44(50)41(13)53(27-25-51-45(29-35(5)6)43(20-3)38(10)32-48(14,15)21-4)28-26-52-46(30-36(7)8)47-39(11)33-49(16,17)34-40(47)12;1-2/h20,35-36,42,44,51-52H,3,9-13,18-19,21-34,50H2,1-2,4-8,14-17H3;1-2H3/b45-43+;. The fourth-order valence-corrected chi connectivity index (χ4v) is 7.92. The van der Waals surface area contributed by atoms with Crippen LogP contribution in [0.4, 0.5) is 0 Å². The molecule has 0 spiro atoms. The van der Waals surface area contributed by atoms with Crippen LogP contribution in [0.15, 0.2) is 96.1 Å². The number of hydrogen-bond acceptors (Lipinski definition) is 4. The lowest BCUT2D eigenvalue weighted by Gasteiger charge is -2.36. The van der Waals surface area contributed by atoms with Gasteiger partial charge in [0, 0.05) is 49.3 Å². The molecule has 0 saturated heterocycles. The van der Waals surface area contributed by atoms with Crippen molar-refractivity contribution in [3.05, 3.63) is 96.1 Å². The van der Waals surface area contributed by atoms with E-state index in [0.717, 1.165) is 107 Å². The number of hydrogen-bond donors (Lipinski definition) is 3. The second-order valence-corrected chi connectivity index (χ2v) is 18.7. The van der Waals surface area contributed by atoms with E-state index in [4.69, 9.17) is 5.73 Å². The Kier molecular flexibility index (Phi) is 24.9. The fourth-order valence-electron chi connectivity index (χ4n) is 7.92. The monoisotopic (exact) mass is 761 g/mol. The summed E-state index contributed by atoms with van der Waals surface area (Å²) in [5.74, 6) is 1.74. The number of allylic oxidation sites excluding steroid dienone is 9. The topological polar surface area (TPSA) is 53.3 Å². The molecule has 4 nitrogen and oxygen atoms in total. The maximum Gasteiger partial charge on any atom is 0.0443 e. The Morgan fingerprint density at radius 3 is 1.89 bits per heavy atom. The van der Waals surface area contributed by atoms with Crippen LogP contribution in [-0.2, 0) is 0 Å². The van der Waals surface area contributed by atoms with Gasteiger partial charge in [-0.1, -0.05) is 167 Å². The molecule has 0 radical (unpaired) electrons. The van der Waals surface area contributed by atoms with Crippen LogP contribution in [-0.4, -0.2) is 37.1 Å². The summed E-state index contributed by atoms with van der Waals surface area (Å²) in [5, 5.41) is 7.74. The van der Waals surface area contributed by atoms with Crippen molar-refractivity contribution in [1.82, 2.24) is 15.5 Å². The molecule has 0 aromatic carbocycles. The quantitative estimate of drug-likeness (QED) is 0.0576. The molecule has 0 aromatic rings. The molecule has 2 atom stereocenters. The largest absolute Gasteiger partial charge is 0.386 e. The highest BCUT2D eigenvalue weighted by Gasteiger charge is 2.30. The molecule has 1 saturated carbocycles. The van der Waals surface area contributed by atoms with Crippen molar-refractivity contribution in [3.63, 3.8) is 0 Å². The minimum absolute atomic E-state index is 0.128. The predicted octanol–water partition coefficient (Wildman–Crippen LogP) is 14.0. The van der Waals surface area contributed by atoms with Gasteiger partial charge < -0.3 is 21.3 Å². The van der Waals surface area contributed by atoms with E-state index in [1.54, 1.807) is 0 Å². The van der Waals surface area contributed by atoms with E-state index in [9.17, 15) is 0 Å². The molecule has 0 amide bonds. The Labute approximate surface area is 344 Å². The van der Waals surface area contributed by atoms with Crippen LogP contribution in [0.3, 0.4) is 0 Å². The van der Waals surface area contributed by atoms with Crippen molar-refractivity contribution >= 4 is 0 Å². The van der Waals surface area contributed by atoms with E-state index in [2.05, 4.69) is 131 Å². The van der Waals surface area contributed by atoms with Crippen molar-refractivity contribution in [2.45, 2.75) is 173 Å². The molecular formula is C51H92N4. The minimum Gasteiger partial charge on any atom is -0.386 e. The van der Waals surface area contributed by atoms with Crippen LogP contribution in [0.2, 0.25) is 0 Å². The van der Waals surface area contributed by atoms with Gasteiger partial charge in [0.2, 0.25) is 0 Å². The van der Waals surface area contributed by atoms with E-state index in [-0.39, 0.29) is 16.9 Å². The molecule has 2 unspecified atom stereocenters. The van der Waals surface area contributed by atoms with Crippen molar-refractivity contribution in [1.29, 1.82) is 0 Å². The molecule has 1 aliphatic rings. The average molecular weight is 761 g/mol. The van der Waals surface area contributed by atoms with Gasteiger partial charge in [0.15, 0.2) is 0 Å². The third-order valence-corrected chi connectivity index (χ3v) is 11.1. The molecule has 4 heteroatoms. The Balaban J connectivity index is 0.0000143. The lowest BCUT2D eigenvalue weighted by atomic mass is 9.70. The van der Waals surface area contributed by atoms with Crippen LogP contribution >= 0.6 is 0 Å². The summed E-state index contributed by atoms with van der Waals surface area (Å²) in [4.78, 5) is 2.40. The van der Waals surface area contributed by atoms with Gasteiger partial charge in [0.05, 0.1) is 0 Å². The van der Waals surface area contributed by atoms with Crippen molar-refractivity contribution in [3.8, 4) is 0 Å². The Morgan fingerprint density at radius 2 is 1.42 bits per heavy atom. The van der Waals surface area contributed by atoms with E-state index >= 15 is 0 Å². The first-order valence-electron chi connectivity index (χ1n) is 22.2. The lowest BCUT2D eigenvalue weighted by molar-refractivity contribution is 0.318. The summed E-state index contributed by atoms with van der Waals surface area (Å²) in [5.41, 5.74) is 18.2. The first-order chi connectivity index (χ1) is 25.7. The Hall–Kier alpha value is -2.72. The Bertz CT molecular complexity index is 1280. The summed E-state index contributed by atoms with van der Waals surface area (Å²) in [6, 6.07) is -0.128. The van der Waals surface area contributed by atoms with Crippen LogP contribution in [0, 0.1) is 28.6 Å². The number of nitrogens with one attached hydrogen (secondary N) is 2. The molecule has 1 rings (SSSR count). The van der Waals surface area contributed by atoms with Crippen molar-refractivity contribution in [2.24, 2.45) is 34.3 Å². The summed E-state index contributed by atoms with van der Waals surface area (Å²) in [6.07, 6.45) is 14.6. The normalized spacial score (nSPS) is 15.8. The van der Waals surface area contributed by atoms with E-state index in [0.29, 0.717) is 11.8 Å². The van der Waals surface area contributed by atoms with Crippen molar-refractivity contribution < 1.29 is 0 Å². The van der Waals surface area contributed by atoms with Gasteiger partial charge in [-0.25, -0.2) is 0 Å². The van der Waals surface area contributed by atoms with Gasteiger partial charge in [-0.3, -0.25) is 0 Å². The molecule has 1 fully saturated rings. The zero-order chi connectivity index (χ0) is 42.5. The number of nitrogens with zero attached hydrogens (tertiary/aromatic N) is 1. The molecule has 0 heterocycles. The molecular weight excluding hydrogens is 669 g/mol. The summed E-state index contributed by atoms with van der Waals surface area (Å²) in [7, 11) is 0. The highest BCUT2D eigenvalue weighted by atomic mass is 15.2.